The first-order chi connectivity index (χ1) is 15.9. The number of hydrogen-bond acceptors (Lipinski definition) is 5. The molecule has 4 rings (SSSR count). The Bertz CT molecular complexity index is 1030. The van der Waals surface area contributed by atoms with Crippen molar-refractivity contribution in [2.24, 2.45) is 5.92 Å². The van der Waals surface area contributed by atoms with Gasteiger partial charge in [0.25, 0.3) is 11.8 Å². The van der Waals surface area contributed by atoms with Gasteiger partial charge in [0.1, 0.15) is 11.5 Å². The highest BCUT2D eigenvalue weighted by Gasteiger charge is 2.30. The van der Waals surface area contributed by atoms with Gasteiger partial charge < -0.3 is 25.3 Å². The smallest absolute Gasteiger partial charge is 0.272 e. The van der Waals surface area contributed by atoms with Gasteiger partial charge >= 0.3 is 0 Å². The first kappa shape index (κ1) is 23.2. The van der Waals surface area contributed by atoms with Crippen LogP contribution < -0.4 is 10.6 Å². The van der Waals surface area contributed by atoms with Crippen LogP contribution >= 0.6 is 11.6 Å². The van der Waals surface area contributed by atoms with Gasteiger partial charge in [-0.15, -0.1) is 0 Å². The fraction of sp³-hybridized carbons (Fsp3) is 0.455. The van der Waals surface area contributed by atoms with Gasteiger partial charge in [0.2, 0.25) is 5.91 Å². The number of carbonyl (C=O) groups excluding carboxylic acids is 3. The summed E-state index contributed by atoms with van der Waals surface area (Å²) in [5, 5.41) is 5.82. The summed E-state index contributed by atoms with van der Waals surface area (Å²) in [6.07, 6.45) is 3.71. The number of rotatable bonds is 5. The number of hydrogen-bond donors (Lipinski definition) is 3. The lowest BCUT2D eigenvalue weighted by Crippen LogP contribution is -2.43. The molecule has 2 heterocycles. The number of carbonyl (C=O) groups is 3. The third-order valence-electron chi connectivity index (χ3n) is 5.99. The molecule has 11 heteroatoms. The molecule has 1 aromatic carbocycles. The fourth-order valence-electron chi connectivity index (χ4n) is 4.13. The van der Waals surface area contributed by atoms with E-state index in [1.165, 1.54) is 18.5 Å². The molecule has 2 aromatic rings. The van der Waals surface area contributed by atoms with Crippen molar-refractivity contribution in [2.45, 2.75) is 31.7 Å². The molecule has 0 spiro atoms. The van der Waals surface area contributed by atoms with Crippen LogP contribution in [0.1, 0.15) is 46.7 Å². The lowest BCUT2D eigenvalue weighted by atomic mass is 9.85. The zero-order valence-electron chi connectivity index (χ0n) is 17.9. The molecule has 1 aromatic heterocycles. The quantitative estimate of drug-likeness (QED) is 0.612. The van der Waals surface area contributed by atoms with E-state index < -0.39 is 11.7 Å². The summed E-state index contributed by atoms with van der Waals surface area (Å²) in [4.78, 5) is 46.6. The van der Waals surface area contributed by atoms with Gasteiger partial charge in [-0.2, -0.15) is 0 Å². The van der Waals surface area contributed by atoms with Crippen LogP contribution in [0.15, 0.2) is 24.5 Å². The molecule has 176 valence electrons. The molecule has 33 heavy (non-hydrogen) atoms. The zero-order valence-corrected chi connectivity index (χ0v) is 18.7. The second kappa shape index (κ2) is 10.3. The molecular weight excluding hydrogens is 453 g/mol. The highest BCUT2D eigenvalue weighted by Crippen LogP contribution is 2.28. The predicted molar refractivity (Wildman–Crippen MR) is 119 cm³/mol. The van der Waals surface area contributed by atoms with E-state index in [4.69, 9.17) is 16.3 Å². The minimum atomic E-state index is -0.471. The monoisotopic (exact) mass is 477 g/mol. The third-order valence-corrected chi connectivity index (χ3v) is 6.30. The van der Waals surface area contributed by atoms with Crippen molar-refractivity contribution in [2.75, 3.05) is 31.6 Å². The van der Waals surface area contributed by atoms with Crippen LogP contribution in [-0.4, -0.2) is 64.9 Å². The Labute approximate surface area is 195 Å². The summed E-state index contributed by atoms with van der Waals surface area (Å²) in [5.74, 6) is -1.58. The van der Waals surface area contributed by atoms with Crippen molar-refractivity contribution in [1.29, 1.82) is 0 Å². The number of ether oxygens (including phenoxy) is 1. The van der Waals surface area contributed by atoms with E-state index in [0.717, 1.165) is 6.07 Å². The third kappa shape index (κ3) is 5.51. The van der Waals surface area contributed by atoms with E-state index >= 15 is 0 Å². The maximum absolute atomic E-state index is 13.2. The van der Waals surface area contributed by atoms with Gasteiger partial charge in [-0.1, -0.05) is 11.6 Å². The average Bonchev–Trinajstić information content (AvgIpc) is 3.31. The van der Waals surface area contributed by atoms with Crippen LogP contribution in [0.2, 0.25) is 5.02 Å². The van der Waals surface area contributed by atoms with Gasteiger partial charge in [-0.25, -0.2) is 9.37 Å². The minimum absolute atomic E-state index is 0.0670. The number of morpholine rings is 1. The number of amides is 3. The number of halogens is 2. The molecule has 3 amide bonds. The molecule has 1 aliphatic carbocycles. The van der Waals surface area contributed by atoms with Gasteiger partial charge in [0.15, 0.2) is 5.69 Å². The molecule has 1 aliphatic heterocycles. The van der Waals surface area contributed by atoms with Crippen LogP contribution in [0.3, 0.4) is 0 Å². The first-order valence-corrected chi connectivity index (χ1v) is 11.3. The number of aromatic amines is 1. The van der Waals surface area contributed by atoms with Gasteiger partial charge in [0, 0.05) is 25.0 Å². The molecule has 1 saturated heterocycles. The molecule has 0 unspecified atom stereocenters. The molecule has 1 saturated carbocycles. The second-order valence-electron chi connectivity index (χ2n) is 8.17. The normalized spacial score (nSPS) is 20.8. The topological polar surface area (TPSA) is 116 Å². The van der Waals surface area contributed by atoms with E-state index in [1.807, 2.05) is 0 Å². The van der Waals surface area contributed by atoms with Crippen molar-refractivity contribution >= 4 is 35.0 Å². The second-order valence-corrected chi connectivity index (χ2v) is 8.57. The zero-order chi connectivity index (χ0) is 23.4. The Hall–Kier alpha value is -2.98. The summed E-state index contributed by atoms with van der Waals surface area (Å²) in [6.45, 7) is 1.86. The number of nitrogens with one attached hydrogen (secondary N) is 3. The van der Waals surface area contributed by atoms with Crippen LogP contribution in [0.25, 0.3) is 0 Å². The number of anilines is 1. The lowest BCUT2D eigenvalue weighted by Gasteiger charge is -2.28. The van der Waals surface area contributed by atoms with E-state index in [2.05, 4.69) is 20.6 Å². The van der Waals surface area contributed by atoms with Crippen LogP contribution in [0.5, 0.6) is 0 Å². The maximum atomic E-state index is 13.2. The highest BCUT2D eigenvalue weighted by atomic mass is 35.5. The van der Waals surface area contributed by atoms with Crippen molar-refractivity contribution in [1.82, 2.24) is 20.2 Å². The standard InChI is InChI=1S/C22H25ClFN5O4/c23-16-11-14(24)3-6-17(16)28-20(30)13-1-4-15(5-2-13)27-21(31)18-19(26-12-25-18)22(32)29-7-9-33-10-8-29/h3,6,11-13,15H,1-2,4-5,7-10H2,(H,25,26)(H,27,31)(H,28,30). The van der Waals surface area contributed by atoms with Crippen molar-refractivity contribution in [3.63, 3.8) is 0 Å². The SMILES string of the molecule is O=C(NC1CCC(C(=O)Nc2ccc(F)cc2Cl)CC1)c1nc[nH]c1C(=O)N1CCOCC1. The summed E-state index contributed by atoms with van der Waals surface area (Å²) in [7, 11) is 0. The number of H-pyrrole nitrogens is 1. The van der Waals surface area contributed by atoms with E-state index in [1.54, 1.807) is 4.90 Å². The molecule has 2 aliphatic rings. The fourth-order valence-corrected chi connectivity index (χ4v) is 4.35. The number of imidazole rings is 1. The highest BCUT2D eigenvalue weighted by molar-refractivity contribution is 6.33. The van der Waals surface area contributed by atoms with E-state index in [0.29, 0.717) is 57.7 Å². The number of benzene rings is 1. The van der Waals surface area contributed by atoms with Crippen molar-refractivity contribution in [3.05, 3.63) is 46.8 Å². The molecule has 3 N–H and O–H groups in total. The van der Waals surface area contributed by atoms with Crippen molar-refractivity contribution < 1.29 is 23.5 Å². The van der Waals surface area contributed by atoms with Crippen LogP contribution in [0.4, 0.5) is 10.1 Å². The van der Waals surface area contributed by atoms with Gasteiger partial charge in [-0.3, -0.25) is 14.4 Å². The summed E-state index contributed by atoms with van der Waals surface area (Å²) < 4.78 is 18.5. The first-order valence-electron chi connectivity index (χ1n) is 10.9. The Kier molecular flexibility index (Phi) is 7.24. The molecule has 0 atom stereocenters. The Balaban J connectivity index is 1.29. The minimum Gasteiger partial charge on any atom is -0.378 e. The number of nitrogens with zero attached hydrogens (tertiary/aromatic N) is 2. The van der Waals surface area contributed by atoms with E-state index in [-0.39, 0.29) is 40.2 Å². The summed E-state index contributed by atoms with van der Waals surface area (Å²) in [6, 6.07) is 3.69. The lowest BCUT2D eigenvalue weighted by molar-refractivity contribution is -0.120. The largest absolute Gasteiger partial charge is 0.378 e. The molecule has 2 fully saturated rings. The van der Waals surface area contributed by atoms with Crippen molar-refractivity contribution in [3.8, 4) is 0 Å². The molecule has 9 nitrogen and oxygen atoms in total. The summed E-state index contributed by atoms with van der Waals surface area (Å²) in [5.41, 5.74) is 0.602. The van der Waals surface area contributed by atoms with Gasteiger partial charge in [0.05, 0.1) is 30.3 Å². The Morgan fingerprint density at radius 2 is 1.88 bits per heavy atom. The predicted octanol–water partition coefficient (Wildman–Crippen LogP) is 2.60. The summed E-state index contributed by atoms with van der Waals surface area (Å²) >= 11 is 5.98. The Morgan fingerprint density at radius 1 is 1.15 bits per heavy atom. The molecule has 0 bridgehead atoms. The van der Waals surface area contributed by atoms with E-state index in [9.17, 15) is 18.8 Å². The van der Waals surface area contributed by atoms with Crippen LogP contribution in [0, 0.1) is 11.7 Å². The average molecular weight is 478 g/mol. The number of aromatic nitrogens is 2. The van der Waals surface area contributed by atoms with Crippen LogP contribution in [-0.2, 0) is 9.53 Å². The van der Waals surface area contributed by atoms with Gasteiger partial charge in [-0.05, 0) is 43.9 Å². The molecule has 0 radical (unpaired) electrons. The molecular formula is C22H25ClFN5O4. The maximum Gasteiger partial charge on any atom is 0.272 e. The Morgan fingerprint density at radius 3 is 2.58 bits per heavy atom.